The van der Waals surface area contributed by atoms with Gasteiger partial charge >= 0.3 is 10.1 Å². The maximum absolute atomic E-state index is 12.2. The van der Waals surface area contributed by atoms with Gasteiger partial charge in [-0.05, 0) is 12.1 Å². The summed E-state index contributed by atoms with van der Waals surface area (Å²) in [5.74, 6) is 0.258. The van der Waals surface area contributed by atoms with E-state index in [0.29, 0.717) is 5.69 Å². The van der Waals surface area contributed by atoms with Crippen LogP contribution in [0.1, 0.15) is 0 Å². The van der Waals surface area contributed by atoms with E-state index in [0.717, 1.165) is 5.56 Å². The Balaban J connectivity index is 1.89. The highest BCUT2D eigenvalue weighted by Gasteiger charge is 2.20. The zero-order valence-electron chi connectivity index (χ0n) is 10.9. The Morgan fingerprint density at radius 1 is 0.905 bits per heavy atom. The van der Waals surface area contributed by atoms with Gasteiger partial charge in [0.2, 0.25) is 0 Å². The van der Waals surface area contributed by atoms with Crippen molar-refractivity contribution in [3.05, 3.63) is 66.7 Å². The summed E-state index contributed by atoms with van der Waals surface area (Å²) in [6.45, 7) is 0. The van der Waals surface area contributed by atoms with Crippen molar-refractivity contribution in [3.8, 4) is 17.0 Å². The smallest absolute Gasteiger partial charge is 0.356 e. The van der Waals surface area contributed by atoms with Crippen LogP contribution < -0.4 is 4.18 Å². The van der Waals surface area contributed by atoms with Crippen molar-refractivity contribution in [3.63, 3.8) is 0 Å². The second-order valence-electron chi connectivity index (χ2n) is 4.33. The largest absolute Gasteiger partial charge is 0.378 e. The number of aromatic nitrogens is 2. The predicted octanol–water partition coefficient (Wildman–Crippen LogP) is 2.84. The lowest BCUT2D eigenvalue weighted by molar-refractivity contribution is 0.482. The molecule has 1 heterocycles. The van der Waals surface area contributed by atoms with Crippen molar-refractivity contribution in [2.45, 2.75) is 5.03 Å². The van der Waals surface area contributed by atoms with Crippen molar-refractivity contribution in [1.29, 1.82) is 0 Å². The molecule has 3 aromatic rings. The van der Waals surface area contributed by atoms with Gasteiger partial charge < -0.3 is 4.18 Å². The molecule has 0 amide bonds. The first kappa shape index (κ1) is 13.4. The second kappa shape index (κ2) is 5.41. The van der Waals surface area contributed by atoms with Gasteiger partial charge in [0.15, 0.2) is 5.03 Å². The summed E-state index contributed by atoms with van der Waals surface area (Å²) in [6.07, 6.45) is 0. The quantitative estimate of drug-likeness (QED) is 0.752. The number of benzene rings is 2. The maximum atomic E-state index is 12.2. The van der Waals surface area contributed by atoms with Gasteiger partial charge in [-0.25, -0.2) is 0 Å². The van der Waals surface area contributed by atoms with E-state index in [1.54, 1.807) is 30.3 Å². The lowest BCUT2D eigenvalue weighted by Crippen LogP contribution is -2.10. The standard InChI is InChI=1S/C15H12N2O3S/c18-21(19,20-13-9-5-2-6-10-13)15-11-14(16-17-15)12-7-3-1-4-8-12/h1-11H,(H,16,17). The Bertz CT molecular complexity index is 828. The summed E-state index contributed by atoms with van der Waals surface area (Å²) in [4.78, 5) is 0. The fraction of sp³-hybridized carbons (Fsp3) is 0. The molecular formula is C15H12N2O3S. The van der Waals surface area contributed by atoms with E-state index < -0.39 is 10.1 Å². The first-order valence-electron chi connectivity index (χ1n) is 6.25. The molecule has 106 valence electrons. The van der Waals surface area contributed by atoms with Crippen LogP contribution in [0, 0.1) is 0 Å². The average molecular weight is 300 g/mol. The molecule has 0 unspecified atom stereocenters. The Labute approximate surface area is 122 Å². The van der Waals surface area contributed by atoms with Crippen molar-refractivity contribution in [2.24, 2.45) is 0 Å². The summed E-state index contributed by atoms with van der Waals surface area (Å²) in [7, 11) is -3.92. The van der Waals surface area contributed by atoms with Crippen molar-refractivity contribution in [2.75, 3.05) is 0 Å². The molecule has 1 aromatic heterocycles. The van der Waals surface area contributed by atoms with Crippen LogP contribution in [-0.2, 0) is 10.1 Å². The molecule has 6 heteroatoms. The molecule has 3 rings (SSSR count). The number of nitrogens with one attached hydrogen (secondary N) is 1. The van der Waals surface area contributed by atoms with Crippen LogP contribution in [0.4, 0.5) is 0 Å². The van der Waals surface area contributed by atoms with E-state index in [1.807, 2.05) is 30.3 Å². The molecule has 0 bridgehead atoms. The third-order valence-electron chi connectivity index (χ3n) is 2.84. The van der Waals surface area contributed by atoms with Gasteiger partial charge in [-0.3, -0.25) is 5.10 Å². The summed E-state index contributed by atoms with van der Waals surface area (Å²) < 4.78 is 29.3. The second-order valence-corrected chi connectivity index (χ2v) is 5.85. The minimum atomic E-state index is -3.92. The van der Waals surface area contributed by atoms with Crippen LogP contribution in [0.15, 0.2) is 71.8 Å². The van der Waals surface area contributed by atoms with E-state index in [9.17, 15) is 8.42 Å². The number of hydrogen-bond acceptors (Lipinski definition) is 4. The van der Waals surface area contributed by atoms with E-state index in [-0.39, 0.29) is 10.8 Å². The van der Waals surface area contributed by atoms with Gasteiger partial charge in [-0.15, -0.1) is 0 Å². The molecule has 1 N–H and O–H groups in total. The van der Waals surface area contributed by atoms with Crippen LogP contribution in [0.5, 0.6) is 5.75 Å². The fourth-order valence-electron chi connectivity index (χ4n) is 1.84. The van der Waals surface area contributed by atoms with Crippen LogP contribution >= 0.6 is 0 Å². The Morgan fingerprint density at radius 2 is 1.52 bits per heavy atom. The summed E-state index contributed by atoms with van der Waals surface area (Å²) in [5, 5.41) is 6.43. The lowest BCUT2D eigenvalue weighted by Gasteiger charge is -2.03. The SMILES string of the molecule is O=S(=O)(Oc1ccccc1)c1cc(-c2ccccc2)n[nH]1. The highest BCUT2D eigenvalue weighted by Crippen LogP contribution is 2.21. The molecule has 0 saturated heterocycles. The molecule has 2 aromatic carbocycles. The van der Waals surface area contributed by atoms with E-state index in [2.05, 4.69) is 10.2 Å². The summed E-state index contributed by atoms with van der Waals surface area (Å²) >= 11 is 0. The predicted molar refractivity (Wildman–Crippen MR) is 78.3 cm³/mol. The van der Waals surface area contributed by atoms with Crippen LogP contribution in [0.25, 0.3) is 11.3 Å². The topological polar surface area (TPSA) is 72.1 Å². The Hall–Kier alpha value is -2.60. The monoisotopic (exact) mass is 300 g/mol. The Kier molecular flexibility index (Phi) is 3.45. The highest BCUT2D eigenvalue weighted by molar-refractivity contribution is 7.87. The average Bonchev–Trinajstić information content (AvgIpc) is 2.99. The van der Waals surface area contributed by atoms with Crippen molar-refractivity contribution >= 4 is 10.1 Å². The summed E-state index contributed by atoms with van der Waals surface area (Å²) in [5.41, 5.74) is 1.38. The molecule has 0 aliphatic rings. The van der Waals surface area contributed by atoms with Gasteiger partial charge in [0.25, 0.3) is 0 Å². The minimum absolute atomic E-state index is 0.0785. The number of nitrogens with zero attached hydrogens (tertiary/aromatic N) is 1. The third kappa shape index (κ3) is 2.95. The van der Waals surface area contributed by atoms with Crippen LogP contribution in [0.2, 0.25) is 0 Å². The molecule has 0 aliphatic carbocycles. The molecular weight excluding hydrogens is 288 g/mol. The number of aromatic amines is 1. The zero-order valence-corrected chi connectivity index (χ0v) is 11.7. The Morgan fingerprint density at radius 3 is 2.19 bits per heavy atom. The first-order chi connectivity index (χ1) is 10.1. The van der Waals surface area contributed by atoms with Crippen LogP contribution in [0.3, 0.4) is 0 Å². The van der Waals surface area contributed by atoms with Crippen molar-refractivity contribution < 1.29 is 12.6 Å². The maximum Gasteiger partial charge on any atom is 0.356 e. The zero-order chi connectivity index (χ0) is 14.7. The first-order valence-corrected chi connectivity index (χ1v) is 7.66. The fourth-order valence-corrected chi connectivity index (χ4v) is 2.70. The van der Waals surface area contributed by atoms with E-state index in [1.165, 1.54) is 6.07 Å². The van der Waals surface area contributed by atoms with E-state index in [4.69, 9.17) is 4.18 Å². The minimum Gasteiger partial charge on any atom is -0.378 e. The summed E-state index contributed by atoms with van der Waals surface area (Å²) in [6, 6.07) is 19.1. The highest BCUT2D eigenvalue weighted by atomic mass is 32.2. The normalized spacial score (nSPS) is 11.2. The molecule has 0 atom stereocenters. The molecule has 21 heavy (non-hydrogen) atoms. The van der Waals surface area contributed by atoms with Crippen molar-refractivity contribution in [1.82, 2.24) is 10.2 Å². The van der Waals surface area contributed by atoms with Gasteiger partial charge in [0.05, 0.1) is 5.69 Å². The molecule has 0 spiro atoms. The molecule has 0 radical (unpaired) electrons. The number of H-pyrrole nitrogens is 1. The van der Waals surface area contributed by atoms with Crippen LogP contribution in [-0.4, -0.2) is 18.6 Å². The number of hydrogen-bond donors (Lipinski definition) is 1. The molecule has 0 fully saturated rings. The molecule has 0 saturated carbocycles. The van der Waals surface area contributed by atoms with Gasteiger partial charge in [-0.2, -0.15) is 13.5 Å². The van der Waals surface area contributed by atoms with Gasteiger partial charge in [0, 0.05) is 11.6 Å². The van der Waals surface area contributed by atoms with Gasteiger partial charge in [0.1, 0.15) is 5.75 Å². The number of rotatable bonds is 4. The van der Waals surface area contributed by atoms with E-state index >= 15 is 0 Å². The molecule has 5 nitrogen and oxygen atoms in total. The molecule has 0 aliphatic heterocycles. The van der Waals surface area contributed by atoms with Gasteiger partial charge in [-0.1, -0.05) is 48.5 Å². The number of para-hydroxylation sites is 1. The third-order valence-corrected chi connectivity index (χ3v) is 4.00. The lowest BCUT2D eigenvalue weighted by atomic mass is 10.2.